The summed E-state index contributed by atoms with van der Waals surface area (Å²) in [5.41, 5.74) is 7.13. The van der Waals surface area contributed by atoms with Crippen LogP contribution in [-0.2, 0) is 30.4 Å². The number of nitrogens with zero attached hydrogens (tertiary/aromatic N) is 4. The molecular weight excluding hydrogens is 877 g/mol. The van der Waals surface area contributed by atoms with Crippen molar-refractivity contribution >= 4 is 56.6 Å². The molecule has 2 aromatic heterocycles. The molecule has 0 aliphatic carbocycles. The second-order valence-electron chi connectivity index (χ2n) is 18.0. The minimum Gasteiger partial charge on any atom is -0.488 e. The number of hydrogen-bond donors (Lipinski definition) is 4. The van der Waals surface area contributed by atoms with Crippen molar-refractivity contribution in [3.05, 3.63) is 114 Å². The van der Waals surface area contributed by atoms with Crippen molar-refractivity contribution in [1.29, 1.82) is 0 Å². The van der Waals surface area contributed by atoms with Crippen LogP contribution in [0.3, 0.4) is 0 Å². The minimum absolute atomic E-state index is 0.0654. The van der Waals surface area contributed by atoms with Crippen LogP contribution in [0.25, 0.3) is 55.0 Å². The molecule has 69 heavy (non-hydrogen) atoms. The van der Waals surface area contributed by atoms with Gasteiger partial charge in [-0.25, -0.2) is 19.6 Å². The van der Waals surface area contributed by atoms with E-state index in [1.54, 1.807) is 30.0 Å². The number of ether oxygens (including phenoxy) is 4. The molecule has 4 N–H and O–H groups in total. The summed E-state index contributed by atoms with van der Waals surface area (Å²) in [5, 5.41) is 9.45. The molecule has 6 atom stereocenters. The summed E-state index contributed by atoms with van der Waals surface area (Å²) in [6, 6.07) is 25.5. The lowest BCUT2D eigenvalue weighted by Crippen LogP contribution is -2.51. The van der Waals surface area contributed by atoms with E-state index >= 15 is 0 Å². The van der Waals surface area contributed by atoms with Gasteiger partial charge in [-0.1, -0.05) is 60.7 Å². The lowest BCUT2D eigenvalue weighted by Gasteiger charge is -2.29. The quantitative estimate of drug-likeness (QED) is 0.0728. The molecule has 3 aliphatic rings. The molecule has 0 bridgehead atoms. The largest absolute Gasteiger partial charge is 0.488 e. The van der Waals surface area contributed by atoms with Gasteiger partial charge in [0, 0.05) is 43.0 Å². The number of fused-ring (bicyclic) bond motifs is 8. The molecule has 0 radical (unpaired) electrons. The molecule has 0 saturated carbocycles. The Balaban J connectivity index is 0.911. The molecule has 7 aromatic rings. The molecule has 2 fully saturated rings. The fourth-order valence-corrected chi connectivity index (χ4v) is 10.3. The van der Waals surface area contributed by atoms with E-state index < -0.39 is 30.2 Å². The first kappa shape index (κ1) is 44.9. The molecule has 3 aliphatic heterocycles. The molecular formula is C53H52N8O8. The van der Waals surface area contributed by atoms with E-state index in [4.69, 9.17) is 35.3 Å². The van der Waals surface area contributed by atoms with E-state index in [2.05, 4.69) is 75.1 Å². The van der Waals surface area contributed by atoms with Crippen LogP contribution >= 0.6 is 0 Å². The number of terminal acetylenes is 1. The van der Waals surface area contributed by atoms with E-state index in [1.165, 1.54) is 14.2 Å². The van der Waals surface area contributed by atoms with E-state index in [9.17, 15) is 19.2 Å². The van der Waals surface area contributed by atoms with Crippen LogP contribution < -0.4 is 15.4 Å². The maximum Gasteiger partial charge on any atom is 0.407 e. The highest BCUT2D eigenvalue weighted by atomic mass is 16.5. The summed E-state index contributed by atoms with van der Waals surface area (Å²) in [6.07, 6.45) is 8.21. The first-order valence-corrected chi connectivity index (χ1v) is 23.1. The Labute approximate surface area is 398 Å². The van der Waals surface area contributed by atoms with Crippen molar-refractivity contribution < 1.29 is 38.1 Å². The SMILES string of the molecule is C#CC(C)[C@H](NC(=O)OC)C(=O)N1CCC[C@H]1c1nc2c(ccc3c4cc5c(cc4ccc32)-c2ccc(-c3cnc([C@@H]4C[C@H](COC)CN4C(=O)[C@H](NC(=O)OC)c4ccccc4)[nH]3)cc2CO5)[nH]1. The predicted molar refractivity (Wildman–Crippen MR) is 259 cm³/mol. The smallest absolute Gasteiger partial charge is 0.407 e. The Hall–Kier alpha value is -7.90. The Morgan fingerprint density at radius 3 is 2.43 bits per heavy atom. The number of alkyl carbamates (subject to hydrolysis) is 2. The van der Waals surface area contributed by atoms with Gasteiger partial charge in [0.1, 0.15) is 36.1 Å². The third-order valence-corrected chi connectivity index (χ3v) is 13.8. The predicted octanol–water partition coefficient (Wildman–Crippen LogP) is 8.11. The normalized spacial score (nSPS) is 18.7. The van der Waals surface area contributed by atoms with Gasteiger partial charge in [-0.15, -0.1) is 12.3 Å². The summed E-state index contributed by atoms with van der Waals surface area (Å²) in [5.74, 6) is 3.68. The van der Waals surface area contributed by atoms with Crippen molar-refractivity contribution in [2.24, 2.45) is 11.8 Å². The fourth-order valence-electron chi connectivity index (χ4n) is 10.3. The minimum atomic E-state index is -0.950. The first-order valence-electron chi connectivity index (χ1n) is 23.1. The number of hydrogen-bond acceptors (Lipinski definition) is 10. The summed E-state index contributed by atoms with van der Waals surface area (Å²) in [6.45, 7) is 3.51. The van der Waals surface area contributed by atoms with Crippen molar-refractivity contribution in [2.75, 3.05) is 41.0 Å². The van der Waals surface area contributed by atoms with E-state index in [0.29, 0.717) is 56.4 Å². The van der Waals surface area contributed by atoms with Crippen LogP contribution in [0.2, 0.25) is 0 Å². The second kappa shape index (κ2) is 18.6. The second-order valence-corrected chi connectivity index (χ2v) is 18.0. The van der Waals surface area contributed by atoms with Crippen LogP contribution in [0.15, 0.2) is 91.1 Å². The monoisotopic (exact) mass is 928 g/mol. The zero-order chi connectivity index (χ0) is 47.9. The Morgan fingerprint density at radius 1 is 0.855 bits per heavy atom. The number of imidazole rings is 2. The molecule has 1 unspecified atom stereocenters. The Morgan fingerprint density at radius 2 is 1.65 bits per heavy atom. The number of rotatable bonds is 11. The van der Waals surface area contributed by atoms with Gasteiger partial charge in [0.15, 0.2) is 0 Å². The number of carbonyl (C=O) groups excluding carboxylic acids is 4. The molecule has 16 heteroatoms. The van der Waals surface area contributed by atoms with Gasteiger partial charge in [0.25, 0.3) is 5.91 Å². The van der Waals surface area contributed by atoms with Crippen molar-refractivity contribution in [3.8, 4) is 40.5 Å². The molecule has 352 valence electrons. The molecule has 4 amide bonds. The number of nitrogens with one attached hydrogen (secondary N) is 4. The molecule has 10 rings (SSSR count). The number of benzene rings is 5. The van der Waals surface area contributed by atoms with Crippen LogP contribution in [0, 0.1) is 24.2 Å². The van der Waals surface area contributed by atoms with Gasteiger partial charge < -0.3 is 49.3 Å². The van der Waals surface area contributed by atoms with Gasteiger partial charge in [0.2, 0.25) is 5.91 Å². The van der Waals surface area contributed by atoms with Gasteiger partial charge in [-0.2, -0.15) is 0 Å². The summed E-state index contributed by atoms with van der Waals surface area (Å²) < 4.78 is 21.7. The number of aromatic amines is 2. The number of methoxy groups -OCH3 is 3. The fraction of sp³-hybridized carbons (Fsp3) is 0.321. The lowest BCUT2D eigenvalue weighted by molar-refractivity contribution is -0.135. The molecule has 5 heterocycles. The van der Waals surface area contributed by atoms with Gasteiger partial charge in [0.05, 0.1) is 55.8 Å². The molecule has 0 spiro atoms. The maximum atomic E-state index is 14.3. The zero-order valence-electron chi connectivity index (χ0n) is 38.7. The molecule has 5 aromatic carbocycles. The first-order chi connectivity index (χ1) is 33.6. The summed E-state index contributed by atoms with van der Waals surface area (Å²) >= 11 is 0. The van der Waals surface area contributed by atoms with Crippen LogP contribution in [-0.4, -0.2) is 101 Å². The summed E-state index contributed by atoms with van der Waals surface area (Å²) in [7, 11) is 4.18. The van der Waals surface area contributed by atoms with Crippen molar-refractivity contribution in [3.63, 3.8) is 0 Å². The molecule has 2 saturated heterocycles. The highest BCUT2D eigenvalue weighted by Crippen LogP contribution is 2.44. The highest BCUT2D eigenvalue weighted by Gasteiger charge is 2.42. The van der Waals surface area contributed by atoms with Crippen LogP contribution in [0.4, 0.5) is 9.59 Å². The third kappa shape index (κ3) is 8.33. The van der Waals surface area contributed by atoms with E-state index in [1.807, 2.05) is 36.4 Å². The summed E-state index contributed by atoms with van der Waals surface area (Å²) in [4.78, 5) is 73.3. The number of carbonyl (C=O) groups is 4. The maximum absolute atomic E-state index is 14.3. The third-order valence-electron chi connectivity index (χ3n) is 13.8. The van der Waals surface area contributed by atoms with Gasteiger partial charge in [-0.3, -0.25) is 9.59 Å². The number of likely N-dealkylation sites (tertiary alicyclic amines) is 2. The zero-order valence-corrected chi connectivity index (χ0v) is 38.7. The highest BCUT2D eigenvalue weighted by molar-refractivity contribution is 6.16. The average Bonchev–Trinajstić information content (AvgIpc) is 4.23. The number of aromatic nitrogens is 4. The topological polar surface area (TPSA) is 193 Å². The average molecular weight is 929 g/mol. The van der Waals surface area contributed by atoms with Crippen LogP contribution in [0.1, 0.15) is 67.1 Å². The van der Waals surface area contributed by atoms with E-state index in [0.717, 1.165) is 72.7 Å². The Bertz CT molecular complexity index is 3180. The van der Waals surface area contributed by atoms with Crippen molar-refractivity contribution in [1.82, 2.24) is 40.4 Å². The number of H-pyrrole nitrogens is 2. The standard InChI is InChI=1S/C53H52N8O8/c1-6-29(2)45(58-52(64)67-4)50(62)60-20-10-13-42(60)49-55-40-19-18-36-37(47(40)57-49)17-14-32-23-39-35-16-15-33(22-34(35)28-69-44(39)24-38(32)36)41-25-54-48(56-41)43-21-30(27-66-3)26-61(43)51(63)46(59-53(65)68-5)31-11-8-7-9-12-31/h1,7-9,11-12,14-19,22-25,29-30,42-43,45-46H,10,13,20-21,26-28H2,2-5H3,(H,54,56)(H,55,57)(H,58,64)(H,59,65)/t29?,30-,42-,43-,45-,46+/m0/s1. The van der Waals surface area contributed by atoms with Gasteiger partial charge in [-0.05, 0) is 88.9 Å². The lowest BCUT2D eigenvalue weighted by atomic mass is 9.91. The molecule has 16 nitrogen and oxygen atoms in total. The van der Waals surface area contributed by atoms with E-state index in [-0.39, 0.29) is 29.8 Å². The number of amides is 4. The van der Waals surface area contributed by atoms with Gasteiger partial charge >= 0.3 is 12.2 Å². The van der Waals surface area contributed by atoms with Crippen molar-refractivity contribution in [2.45, 2.75) is 57.0 Å². The van der Waals surface area contributed by atoms with Crippen LogP contribution in [0.5, 0.6) is 5.75 Å². The Kier molecular flexibility index (Phi) is 12.1.